The molecular formula is C18H26O8. The summed E-state index contributed by atoms with van der Waals surface area (Å²) in [4.78, 5) is 48.3. The highest BCUT2D eigenvalue weighted by Gasteiger charge is 2.47. The van der Waals surface area contributed by atoms with E-state index >= 15 is 0 Å². The van der Waals surface area contributed by atoms with Crippen molar-refractivity contribution in [1.29, 1.82) is 0 Å². The Kier molecular flexibility index (Phi) is 9.41. The monoisotopic (exact) mass is 370 g/mol. The van der Waals surface area contributed by atoms with E-state index in [4.69, 9.17) is 18.9 Å². The highest BCUT2D eigenvalue weighted by atomic mass is 16.6. The Bertz CT molecular complexity index is 514. The molecule has 0 aliphatic rings. The van der Waals surface area contributed by atoms with Gasteiger partial charge in [0.1, 0.15) is 0 Å². The van der Waals surface area contributed by atoms with Crippen LogP contribution in [0.5, 0.6) is 0 Å². The molecule has 0 rings (SSSR count). The lowest BCUT2D eigenvalue weighted by molar-refractivity contribution is -0.170. The fraction of sp³-hybridized carbons (Fsp3) is 0.667. The van der Waals surface area contributed by atoms with Gasteiger partial charge < -0.3 is 18.9 Å². The second-order valence-corrected chi connectivity index (χ2v) is 5.54. The number of rotatable bonds is 8. The quantitative estimate of drug-likeness (QED) is 0.272. The lowest BCUT2D eigenvalue weighted by Crippen LogP contribution is -2.41. The predicted octanol–water partition coefficient (Wildman–Crippen LogP) is 1.25. The Morgan fingerprint density at radius 2 is 0.846 bits per heavy atom. The molecular weight excluding hydrogens is 344 g/mol. The largest absolute Gasteiger partial charge is 0.468 e. The molecule has 0 aromatic carbocycles. The van der Waals surface area contributed by atoms with Gasteiger partial charge in [-0.25, -0.2) is 0 Å². The lowest BCUT2D eigenvalue weighted by Gasteiger charge is -2.25. The Balaban J connectivity index is 5.67. The van der Waals surface area contributed by atoms with Crippen molar-refractivity contribution in [2.75, 3.05) is 28.4 Å². The van der Waals surface area contributed by atoms with E-state index in [1.165, 1.54) is 28.4 Å². The third-order valence-electron chi connectivity index (χ3n) is 4.42. The summed E-state index contributed by atoms with van der Waals surface area (Å²) in [5.41, 5.74) is -3.14. The van der Waals surface area contributed by atoms with Gasteiger partial charge in [0.05, 0.1) is 28.4 Å². The van der Waals surface area contributed by atoms with Crippen molar-refractivity contribution < 1.29 is 38.1 Å². The molecule has 0 spiro atoms. The van der Waals surface area contributed by atoms with Crippen LogP contribution < -0.4 is 0 Å². The number of methoxy groups -OCH3 is 4. The van der Waals surface area contributed by atoms with Gasteiger partial charge in [-0.05, 0) is 12.8 Å². The predicted molar refractivity (Wildman–Crippen MR) is 90.5 cm³/mol. The average Bonchev–Trinajstić information content (AvgIpc) is 2.69. The first-order valence-electron chi connectivity index (χ1n) is 8.05. The van der Waals surface area contributed by atoms with Crippen molar-refractivity contribution in [3.05, 3.63) is 0 Å². The fourth-order valence-corrected chi connectivity index (χ4v) is 2.49. The first-order valence-corrected chi connectivity index (χ1v) is 8.05. The summed E-state index contributed by atoms with van der Waals surface area (Å²) < 4.78 is 18.8. The van der Waals surface area contributed by atoms with Gasteiger partial charge in [-0.3, -0.25) is 19.2 Å². The van der Waals surface area contributed by atoms with Gasteiger partial charge in [-0.15, -0.1) is 11.8 Å². The summed E-state index contributed by atoms with van der Waals surface area (Å²) in [5, 5.41) is 0. The zero-order valence-electron chi connectivity index (χ0n) is 16.1. The maximum Gasteiger partial charge on any atom is 0.324 e. The highest BCUT2D eigenvalue weighted by Crippen LogP contribution is 2.31. The maximum atomic E-state index is 12.1. The third kappa shape index (κ3) is 4.54. The smallest absolute Gasteiger partial charge is 0.324 e. The zero-order chi connectivity index (χ0) is 20.4. The first kappa shape index (κ1) is 23.4. The number of hydrogen-bond donors (Lipinski definition) is 0. The molecule has 0 heterocycles. The van der Waals surface area contributed by atoms with Gasteiger partial charge in [0.15, 0.2) is 10.8 Å². The molecule has 0 atom stereocenters. The van der Waals surface area contributed by atoms with Crippen LogP contribution in [0.2, 0.25) is 0 Å². The summed E-state index contributed by atoms with van der Waals surface area (Å²) in [5.74, 6) is 2.33. The van der Waals surface area contributed by atoms with E-state index in [9.17, 15) is 19.2 Å². The van der Waals surface area contributed by atoms with Crippen LogP contribution >= 0.6 is 0 Å². The highest BCUT2D eigenvalue weighted by molar-refractivity contribution is 6.01. The molecule has 0 bridgehead atoms. The van der Waals surface area contributed by atoms with Gasteiger partial charge in [-0.2, -0.15) is 0 Å². The zero-order valence-corrected chi connectivity index (χ0v) is 16.1. The summed E-state index contributed by atoms with van der Waals surface area (Å²) in [6.45, 7) is 3.27. The minimum Gasteiger partial charge on any atom is -0.468 e. The van der Waals surface area contributed by atoms with Crippen molar-refractivity contribution in [2.45, 2.75) is 39.5 Å². The van der Waals surface area contributed by atoms with Crippen molar-refractivity contribution >= 4 is 23.9 Å². The Morgan fingerprint density at radius 1 is 0.615 bits per heavy atom. The van der Waals surface area contributed by atoms with Crippen molar-refractivity contribution in [3.8, 4) is 11.8 Å². The number of ether oxygens (including phenoxy) is 4. The van der Waals surface area contributed by atoms with Crippen LogP contribution in [-0.2, 0) is 38.1 Å². The average molecular weight is 370 g/mol. The molecule has 8 nitrogen and oxygen atoms in total. The Hall–Kier alpha value is -2.56. The number of carbonyl (C=O) groups is 4. The number of hydrogen-bond acceptors (Lipinski definition) is 8. The molecule has 0 aliphatic heterocycles. The normalized spacial score (nSPS) is 10.8. The fourth-order valence-electron chi connectivity index (χ4n) is 2.49. The van der Waals surface area contributed by atoms with Crippen LogP contribution in [0.4, 0.5) is 0 Å². The lowest BCUT2D eigenvalue weighted by atomic mass is 9.80. The SMILES string of the molecule is CCC(CC#CCC(CC)(C(=O)OC)C(=O)OC)(C(=O)OC)C(=O)OC. The second-order valence-electron chi connectivity index (χ2n) is 5.54. The minimum absolute atomic E-state index is 0.119. The molecule has 0 fully saturated rings. The number of esters is 4. The molecule has 0 saturated carbocycles. The van der Waals surface area contributed by atoms with Crippen LogP contribution in [0.15, 0.2) is 0 Å². The van der Waals surface area contributed by atoms with Crippen molar-refractivity contribution in [2.24, 2.45) is 10.8 Å². The summed E-state index contributed by atoms with van der Waals surface area (Å²) in [6.07, 6.45) is -0.113. The summed E-state index contributed by atoms with van der Waals surface area (Å²) in [7, 11) is 4.67. The third-order valence-corrected chi connectivity index (χ3v) is 4.42. The summed E-state index contributed by atoms with van der Waals surface area (Å²) >= 11 is 0. The van der Waals surface area contributed by atoms with Crippen LogP contribution in [0.1, 0.15) is 39.5 Å². The van der Waals surface area contributed by atoms with Gasteiger partial charge in [0, 0.05) is 12.8 Å². The molecule has 0 saturated heterocycles. The molecule has 0 unspecified atom stereocenters. The van der Waals surface area contributed by atoms with E-state index in [2.05, 4.69) is 11.8 Å². The molecule has 0 aromatic rings. The van der Waals surface area contributed by atoms with Crippen LogP contribution in [-0.4, -0.2) is 52.3 Å². The minimum atomic E-state index is -1.57. The molecule has 0 N–H and O–H groups in total. The molecule has 0 aromatic heterocycles. The summed E-state index contributed by atoms with van der Waals surface area (Å²) in [6, 6.07) is 0. The second kappa shape index (κ2) is 10.4. The van der Waals surface area contributed by atoms with Crippen molar-refractivity contribution in [1.82, 2.24) is 0 Å². The molecule has 0 aliphatic carbocycles. The van der Waals surface area contributed by atoms with Crippen LogP contribution in [0.25, 0.3) is 0 Å². The number of carbonyl (C=O) groups excluding carboxylic acids is 4. The van der Waals surface area contributed by atoms with E-state index in [0.717, 1.165) is 0 Å². The van der Waals surface area contributed by atoms with Gasteiger partial charge >= 0.3 is 23.9 Å². The van der Waals surface area contributed by atoms with Crippen molar-refractivity contribution in [3.63, 3.8) is 0 Å². The standard InChI is InChI=1S/C18H26O8/c1-7-17(13(19)23-3,14(20)24-4)11-9-10-12-18(8-2,15(21)25-5)16(22)26-6/h7-8,11-12H2,1-6H3. The molecule has 0 amide bonds. The topological polar surface area (TPSA) is 105 Å². The molecule has 146 valence electrons. The van der Waals surface area contributed by atoms with E-state index in [1.807, 2.05) is 0 Å². The van der Waals surface area contributed by atoms with E-state index in [0.29, 0.717) is 0 Å². The Labute approximate surface area is 153 Å². The van der Waals surface area contributed by atoms with Gasteiger partial charge in [0.2, 0.25) is 0 Å². The van der Waals surface area contributed by atoms with Gasteiger partial charge in [-0.1, -0.05) is 13.8 Å². The maximum absolute atomic E-state index is 12.1. The van der Waals surface area contributed by atoms with E-state index < -0.39 is 34.7 Å². The molecule has 26 heavy (non-hydrogen) atoms. The van der Waals surface area contributed by atoms with E-state index in [1.54, 1.807) is 13.8 Å². The molecule has 8 heteroatoms. The first-order chi connectivity index (χ1) is 12.3. The Morgan fingerprint density at radius 3 is 1.00 bits per heavy atom. The molecule has 0 radical (unpaired) electrons. The van der Waals surface area contributed by atoms with Crippen LogP contribution in [0, 0.1) is 22.7 Å². The van der Waals surface area contributed by atoms with E-state index in [-0.39, 0.29) is 25.7 Å². The van der Waals surface area contributed by atoms with Gasteiger partial charge in [0.25, 0.3) is 0 Å². The van der Waals surface area contributed by atoms with Crippen LogP contribution in [0.3, 0.4) is 0 Å².